The summed E-state index contributed by atoms with van der Waals surface area (Å²) in [4.78, 5) is 30.6. The molecule has 0 radical (unpaired) electrons. The summed E-state index contributed by atoms with van der Waals surface area (Å²) in [6.07, 6.45) is 3.05. The molecule has 0 spiro atoms. The Kier molecular flexibility index (Phi) is 4.36. The van der Waals surface area contributed by atoms with Crippen LogP contribution in [0, 0.1) is 17.3 Å². The van der Waals surface area contributed by atoms with Crippen LogP contribution in [-0.2, 0) is 22.5 Å². The third kappa shape index (κ3) is 2.93. The second-order valence-electron chi connectivity index (χ2n) is 8.91. The zero-order chi connectivity index (χ0) is 20.2. The van der Waals surface area contributed by atoms with E-state index in [1.165, 1.54) is 12.7 Å². The minimum Gasteiger partial charge on any atom is -0.465 e. The molecule has 1 aromatic heterocycles. The molecule has 1 aliphatic carbocycles. The molecule has 28 heavy (non-hydrogen) atoms. The Bertz CT molecular complexity index is 995. The number of nitrogens with one attached hydrogen (secondary N) is 1. The van der Waals surface area contributed by atoms with Crippen LogP contribution in [0.4, 0.5) is 0 Å². The molecule has 0 bridgehead atoms. The first-order valence-electron chi connectivity index (χ1n) is 9.89. The number of benzene rings is 1. The summed E-state index contributed by atoms with van der Waals surface area (Å²) in [6.45, 7) is 9.87. The van der Waals surface area contributed by atoms with Crippen LogP contribution in [0.3, 0.4) is 0 Å². The van der Waals surface area contributed by atoms with Gasteiger partial charge in [0.2, 0.25) is 5.91 Å². The van der Waals surface area contributed by atoms with Gasteiger partial charge in [0.05, 0.1) is 18.6 Å². The highest BCUT2D eigenvalue weighted by Gasteiger charge is 2.61. The predicted molar refractivity (Wildman–Crippen MR) is 109 cm³/mol. The molecule has 4 rings (SSSR count). The van der Waals surface area contributed by atoms with Crippen molar-refractivity contribution >= 4 is 22.8 Å². The summed E-state index contributed by atoms with van der Waals surface area (Å²) >= 11 is 0. The predicted octanol–water partition coefficient (Wildman–Crippen LogP) is 4.08. The maximum Gasteiger partial charge on any atom is 0.337 e. The fourth-order valence-electron chi connectivity index (χ4n) is 4.66. The molecule has 2 atom stereocenters. The zero-order valence-electron chi connectivity index (χ0n) is 17.3. The molecule has 148 valence electrons. The Morgan fingerprint density at radius 1 is 1.29 bits per heavy atom. The van der Waals surface area contributed by atoms with E-state index in [2.05, 4.69) is 38.8 Å². The van der Waals surface area contributed by atoms with Crippen LogP contribution in [0.2, 0.25) is 0 Å². The number of aromatic nitrogens is 1. The summed E-state index contributed by atoms with van der Waals surface area (Å²) in [5.41, 5.74) is 5.11. The summed E-state index contributed by atoms with van der Waals surface area (Å²) < 4.78 is 4.85. The van der Waals surface area contributed by atoms with Gasteiger partial charge < -0.3 is 14.6 Å². The topological polar surface area (TPSA) is 62.4 Å². The number of aromatic amines is 1. The van der Waals surface area contributed by atoms with Gasteiger partial charge in [0, 0.05) is 41.7 Å². The van der Waals surface area contributed by atoms with E-state index >= 15 is 0 Å². The normalized spacial score (nSPS) is 22.5. The Hall–Kier alpha value is -2.56. The van der Waals surface area contributed by atoms with E-state index < -0.39 is 0 Å². The van der Waals surface area contributed by atoms with E-state index in [0.717, 1.165) is 35.1 Å². The second-order valence-corrected chi connectivity index (χ2v) is 8.91. The number of allylic oxidation sites excluding steroid dienone is 2. The maximum atomic E-state index is 13.3. The monoisotopic (exact) mass is 380 g/mol. The number of fused-ring (bicyclic) bond motifs is 3. The van der Waals surface area contributed by atoms with Crippen LogP contribution in [-0.4, -0.2) is 35.4 Å². The lowest BCUT2D eigenvalue weighted by molar-refractivity contribution is -0.134. The number of amides is 1. The molecule has 2 heterocycles. The Morgan fingerprint density at radius 3 is 2.71 bits per heavy atom. The number of H-pyrrole nitrogens is 1. The third-order valence-corrected chi connectivity index (χ3v) is 6.40. The van der Waals surface area contributed by atoms with Gasteiger partial charge in [-0.15, -0.1) is 0 Å². The Morgan fingerprint density at radius 2 is 2.04 bits per heavy atom. The van der Waals surface area contributed by atoms with Crippen molar-refractivity contribution in [2.75, 3.05) is 13.7 Å². The number of carbonyl (C=O) groups excluding carboxylic acids is 2. The van der Waals surface area contributed by atoms with Gasteiger partial charge >= 0.3 is 5.97 Å². The van der Waals surface area contributed by atoms with Crippen LogP contribution in [0.1, 0.15) is 49.3 Å². The van der Waals surface area contributed by atoms with E-state index in [-0.39, 0.29) is 23.2 Å². The summed E-state index contributed by atoms with van der Waals surface area (Å²) in [7, 11) is 1.39. The molecular formula is C23H28N2O3. The minimum absolute atomic E-state index is 0.0207. The highest BCUT2D eigenvalue weighted by molar-refractivity contribution is 5.96. The molecule has 2 aromatic rings. The molecule has 1 aromatic carbocycles. The van der Waals surface area contributed by atoms with Crippen molar-refractivity contribution in [3.63, 3.8) is 0 Å². The summed E-state index contributed by atoms with van der Waals surface area (Å²) in [6, 6.07) is 5.56. The molecule has 0 saturated heterocycles. The molecule has 1 N–H and O–H groups in total. The Balaban J connectivity index is 1.61. The van der Waals surface area contributed by atoms with Gasteiger partial charge in [-0.25, -0.2) is 4.79 Å². The van der Waals surface area contributed by atoms with Crippen molar-refractivity contribution in [2.24, 2.45) is 17.3 Å². The smallest absolute Gasteiger partial charge is 0.337 e. The second kappa shape index (κ2) is 6.50. The fraction of sp³-hybridized carbons (Fsp3) is 0.478. The lowest BCUT2D eigenvalue weighted by Gasteiger charge is -2.28. The van der Waals surface area contributed by atoms with Crippen molar-refractivity contribution < 1.29 is 14.3 Å². The largest absolute Gasteiger partial charge is 0.465 e. The minimum atomic E-state index is -0.343. The molecule has 5 nitrogen and oxygen atoms in total. The molecule has 5 heteroatoms. The van der Waals surface area contributed by atoms with Crippen molar-refractivity contribution in [3.8, 4) is 0 Å². The highest BCUT2D eigenvalue weighted by Crippen LogP contribution is 2.60. The van der Waals surface area contributed by atoms with Gasteiger partial charge in [0.25, 0.3) is 0 Å². The van der Waals surface area contributed by atoms with E-state index in [1.807, 2.05) is 17.0 Å². The number of methoxy groups -OCH3 is 1. The number of hydrogen-bond donors (Lipinski definition) is 1. The first-order chi connectivity index (χ1) is 13.2. The van der Waals surface area contributed by atoms with Gasteiger partial charge in [-0.05, 0) is 43.4 Å². The van der Waals surface area contributed by atoms with Gasteiger partial charge in [-0.3, -0.25) is 4.79 Å². The van der Waals surface area contributed by atoms with Crippen LogP contribution < -0.4 is 0 Å². The molecule has 1 amide bonds. The average molecular weight is 380 g/mol. The van der Waals surface area contributed by atoms with Crippen molar-refractivity contribution in [2.45, 2.75) is 40.7 Å². The number of ether oxygens (including phenoxy) is 1. The molecule has 2 aliphatic rings. The first-order valence-corrected chi connectivity index (χ1v) is 9.89. The first kappa shape index (κ1) is 18.8. The number of carbonyl (C=O) groups is 2. The number of hydrogen-bond acceptors (Lipinski definition) is 3. The van der Waals surface area contributed by atoms with Crippen LogP contribution in [0.15, 0.2) is 29.8 Å². The van der Waals surface area contributed by atoms with E-state index in [4.69, 9.17) is 4.74 Å². The lowest BCUT2D eigenvalue weighted by atomic mass is 10.0. The fourth-order valence-corrected chi connectivity index (χ4v) is 4.66. The van der Waals surface area contributed by atoms with Crippen LogP contribution in [0.5, 0.6) is 0 Å². The molecule has 1 aliphatic heterocycles. The van der Waals surface area contributed by atoms with Gasteiger partial charge in [0.15, 0.2) is 0 Å². The standard InChI is InChI=1S/C23H28N2O3/c1-13(2)10-17-20(23(17,3)4)21(26)25-9-8-19-16(12-25)15-11-14(22(27)28-5)6-7-18(15)24-19/h6-7,10-11,17,20,24H,8-9,12H2,1-5H3/t17-,20-/m0/s1. The van der Waals surface area contributed by atoms with E-state index in [0.29, 0.717) is 18.0 Å². The van der Waals surface area contributed by atoms with Gasteiger partial charge in [0.1, 0.15) is 0 Å². The maximum absolute atomic E-state index is 13.3. The van der Waals surface area contributed by atoms with Crippen LogP contribution in [0.25, 0.3) is 10.9 Å². The highest BCUT2D eigenvalue weighted by atomic mass is 16.5. The number of nitrogens with zero attached hydrogens (tertiary/aromatic N) is 1. The quantitative estimate of drug-likeness (QED) is 0.645. The molecular weight excluding hydrogens is 352 g/mol. The van der Waals surface area contributed by atoms with E-state index in [9.17, 15) is 9.59 Å². The Labute approximate surface area is 165 Å². The third-order valence-electron chi connectivity index (χ3n) is 6.40. The molecule has 1 saturated carbocycles. The van der Waals surface area contributed by atoms with Gasteiger partial charge in [-0.2, -0.15) is 0 Å². The number of esters is 1. The van der Waals surface area contributed by atoms with Crippen LogP contribution >= 0.6 is 0 Å². The van der Waals surface area contributed by atoms with Crippen molar-refractivity contribution in [1.82, 2.24) is 9.88 Å². The van der Waals surface area contributed by atoms with Gasteiger partial charge in [-0.1, -0.05) is 25.5 Å². The molecule has 1 fully saturated rings. The summed E-state index contributed by atoms with van der Waals surface area (Å²) in [5.74, 6) is 0.279. The van der Waals surface area contributed by atoms with Crippen molar-refractivity contribution in [3.05, 3.63) is 46.7 Å². The lowest BCUT2D eigenvalue weighted by Crippen LogP contribution is -2.37. The average Bonchev–Trinajstić information content (AvgIpc) is 3.01. The summed E-state index contributed by atoms with van der Waals surface area (Å²) in [5, 5.41) is 1.01. The zero-order valence-corrected chi connectivity index (χ0v) is 17.3. The number of rotatable bonds is 3. The van der Waals surface area contributed by atoms with E-state index in [1.54, 1.807) is 6.07 Å². The SMILES string of the molecule is COC(=O)c1ccc2[nH]c3c(c2c1)CN(C(=O)[C@@H]1[C@H](C=C(C)C)C1(C)C)CC3. The van der Waals surface area contributed by atoms with Crippen molar-refractivity contribution in [1.29, 1.82) is 0 Å². The molecule has 0 unspecified atom stereocenters.